The zero-order valence-electron chi connectivity index (χ0n) is 52.2. The number of carbonyl (C=O) groups excluding carboxylic acids is 3. The molecule has 0 aliphatic carbocycles. The van der Waals surface area contributed by atoms with Gasteiger partial charge in [0.1, 0.15) is 18.8 Å². The van der Waals surface area contributed by atoms with Crippen molar-refractivity contribution in [2.75, 3.05) is 13.2 Å². The normalized spacial score (nSPS) is 18.3. The van der Waals surface area contributed by atoms with Gasteiger partial charge in [-0.1, -0.05) is 252 Å². The Balaban J connectivity index is 2.69. The first-order chi connectivity index (χ1) is 40.6. The Morgan fingerprint density at radius 3 is 1.18 bits per heavy atom. The minimum absolute atomic E-state index is 0.0119. The van der Waals surface area contributed by atoms with Crippen molar-refractivity contribution in [3.63, 3.8) is 0 Å². The zero-order valence-corrected chi connectivity index (χ0v) is 52.2. The summed E-state index contributed by atoms with van der Waals surface area (Å²) in [5, 5.41) is 31.6. The maximum atomic E-state index is 13.2. The lowest BCUT2D eigenvalue weighted by Crippen LogP contribution is -2.61. The molecule has 1 saturated heterocycles. The highest BCUT2D eigenvalue weighted by Crippen LogP contribution is 2.26. The van der Waals surface area contributed by atoms with Gasteiger partial charge in [-0.25, -0.2) is 4.79 Å². The molecule has 0 aromatic rings. The van der Waals surface area contributed by atoms with E-state index in [4.69, 9.17) is 23.7 Å². The Bertz CT molecular complexity index is 1860. The fourth-order valence-electron chi connectivity index (χ4n) is 9.39. The van der Waals surface area contributed by atoms with Crippen molar-refractivity contribution in [1.29, 1.82) is 0 Å². The van der Waals surface area contributed by atoms with Crippen LogP contribution in [-0.4, -0.2) is 89.2 Å². The molecule has 12 nitrogen and oxygen atoms in total. The third-order valence-electron chi connectivity index (χ3n) is 14.3. The van der Waals surface area contributed by atoms with Crippen LogP contribution in [0.5, 0.6) is 0 Å². The number of hydrogen-bond donors (Lipinski definition) is 3. The number of ether oxygens (including phenoxy) is 5. The van der Waals surface area contributed by atoms with Crippen LogP contribution in [0.4, 0.5) is 0 Å². The van der Waals surface area contributed by atoms with Crippen LogP contribution in [0.1, 0.15) is 265 Å². The Labute approximate surface area is 504 Å². The molecule has 0 aromatic heterocycles. The van der Waals surface area contributed by atoms with Gasteiger partial charge in [-0.2, -0.15) is 0 Å². The van der Waals surface area contributed by atoms with E-state index in [0.29, 0.717) is 19.3 Å². The zero-order chi connectivity index (χ0) is 60.3. The summed E-state index contributed by atoms with van der Waals surface area (Å²) in [6.07, 6.45) is 66.3. The highest BCUT2D eigenvalue weighted by atomic mass is 16.7. The molecule has 0 aromatic carbocycles. The number of unbranched alkanes of at least 4 members (excludes halogenated alkanes) is 23. The number of hydrogen-bond acceptors (Lipinski definition) is 11. The van der Waals surface area contributed by atoms with Gasteiger partial charge in [0.15, 0.2) is 24.6 Å². The van der Waals surface area contributed by atoms with Crippen molar-refractivity contribution in [2.45, 2.75) is 302 Å². The van der Waals surface area contributed by atoms with Gasteiger partial charge in [-0.3, -0.25) is 14.4 Å². The second kappa shape index (κ2) is 57.8. The van der Waals surface area contributed by atoms with Crippen LogP contribution in [0.25, 0.3) is 0 Å². The van der Waals surface area contributed by atoms with E-state index in [1.54, 1.807) is 0 Å². The molecule has 83 heavy (non-hydrogen) atoms. The highest BCUT2D eigenvalue weighted by molar-refractivity contribution is 5.74. The number of allylic oxidation sites excluding steroid dienone is 18. The molecular weight excluding hydrogens is 1040 g/mol. The summed E-state index contributed by atoms with van der Waals surface area (Å²) in [5.41, 5.74) is 0. The lowest BCUT2D eigenvalue weighted by atomic mass is 9.98. The van der Waals surface area contributed by atoms with Gasteiger partial charge in [0.25, 0.3) is 0 Å². The van der Waals surface area contributed by atoms with Crippen molar-refractivity contribution in [1.82, 2.24) is 0 Å². The number of rotatable bonds is 55. The standard InChI is InChI=1S/C71H116O12/c1-4-7-10-13-16-19-22-25-28-30-32-34-37-39-42-45-48-51-54-57-63(72)79-60-62(81-64(73)58-55-52-49-46-43-40-36-27-24-21-18-15-12-9-6-3)61-80-71-69(67(76)66(75)68(83-71)70(77)78)82-65(74)59-56-53-50-47-44-41-38-35-33-31-29-26-23-20-17-14-11-8-5-2/h8-9,11-12,17-18,20-21,26-27,29,33,35-36,41,43-44,46,62,66-69,71,75-76H,4-7,10,13-16,19,22-25,28,30-32,34,37-40,42,45,47-61H2,1-3H3,(H,77,78)/b11-8-,12-9-,20-17-,21-18-,29-26-,35-33-,36-27-,44-41-,46-43-. The van der Waals surface area contributed by atoms with Crippen LogP contribution in [0.15, 0.2) is 109 Å². The van der Waals surface area contributed by atoms with Crippen molar-refractivity contribution in [3.8, 4) is 0 Å². The topological polar surface area (TPSA) is 175 Å². The first-order valence-corrected chi connectivity index (χ1v) is 32.9. The van der Waals surface area contributed by atoms with E-state index < -0.39 is 67.3 Å². The second-order valence-corrected chi connectivity index (χ2v) is 22.0. The molecule has 1 aliphatic rings. The van der Waals surface area contributed by atoms with Crippen LogP contribution in [0.2, 0.25) is 0 Å². The predicted octanol–water partition coefficient (Wildman–Crippen LogP) is 17.8. The number of aliphatic hydroxyl groups excluding tert-OH is 2. The van der Waals surface area contributed by atoms with Crippen LogP contribution in [0.3, 0.4) is 0 Å². The Morgan fingerprint density at radius 1 is 0.410 bits per heavy atom. The van der Waals surface area contributed by atoms with Crippen LogP contribution in [-0.2, 0) is 42.9 Å². The minimum Gasteiger partial charge on any atom is -0.479 e. The van der Waals surface area contributed by atoms with E-state index in [2.05, 4.69) is 130 Å². The summed E-state index contributed by atoms with van der Waals surface area (Å²) in [7, 11) is 0. The molecule has 6 atom stereocenters. The molecule has 1 rings (SSSR count). The maximum Gasteiger partial charge on any atom is 0.335 e. The summed E-state index contributed by atoms with van der Waals surface area (Å²) >= 11 is 0. The molecule has 0 spiro atoms. The largest absolute Gasteiger partial charge is 0.479 e. The van der Waals surface area contributed by atoms with E-state index in [9.17, 15) is 34.5 Å². The van der Waals surface area contributed by atoms with Gasteiger partial charge in [0.05, 0.1) is 6.61 Å². The van der Waals surface area contributed by atoms with Gasteiger partial charge in [-0.05, 0) is 103 Å². The SMILES string of the molecule is CC/C=C\C/C=C\C/C=C\C/C=C\C/C=C\CCCCCC(=O)OC1C(OCC(COC(=O)CCCCCCCCCCCCCCCCCCCCC)OC(=O)CCCC/C=C\C/C=C\C/C=C\C/C=C\CC)OC(C(=O)O)C(O)C1O. The lowest BCUT2D eigenvalue weighted by Gasteiger charge is -2.40. The van der Waals surface area contributed by atoms with Gasteiger partial charge in [-0.15, -0.1) is 0 Å². The molecule has 6 unspecified atom stereocenters. The predicted molar refractivity (Wildman–Crippen MR) is 340 cm³/mol. The van der Waals surface area contributed by atoms with E-state index in [1.807, 2.05) is 0 Å². The first-order valence-electron chi connectivity index (χ1n) is 32.9. The highest BCUT2D eigenvalue weighted by Gasteiger charge is 2.50. The smallest absolute Gasteiger partial charge is 0.335 e. The molecular formula is C71H116O12. The lowest BCUT2D eigenvalue weighted by molar-refractivity contribution is -0.301. The molecule has 1 aliphatic heterocycles. The summed E-state index contributed by atoms with van der Waals surface area (Å²) < 4.78 is 28.5. The molecule has 3 N–H and O–H groups in total. The van der Waals surface area contributed by atoms with Crippen LogP contribution in [0, 0.1) is 0 Å². The van der Waals surface area contributed by atoms with E-state index in [1.165, 1.54) is 96.3 Å². The van der Waals surface area contributed by atoms with Crippen LogP contribution >= 0.6 is 0 Å². The molecule has 12 heteroatoms. The monoisotopic (exact) mass is 1160 g/mol. The Morgan fingerprint density at radius 2 is 0.759 bits per heavy atom. The fourth-order valence-corrected chi connectivity index (χ4v) is 9.39. The summed E-state index contributed by atoms with van der Waals surface area (Å²) in [5.74, 6) is -3.22. The Kier molecular flexibility index (Phi) is 53.2. The third-order valence-corrected chi connectivity index (χ3v) is 14.3. The number of esters is 3. The fraction of sp³-hybridized carbons (Fsp3) is 0.690. The molecule has 0 radical (unpaired) electrons. The third kappa shape index (κ3) is 47.3. The number of aliphatic hydroxyl groups is 2. The molecule has 1 fully saturated rings. The van der Waals surface area contributed by atoms with E-state index in [-0.39, 0.29) is 25.9 Å². The number of carboxylic acids is 1. The Hall–Kier alpha value is -4.62. The molecule has 0 bridgehead atoms. The number of carbonyl (C=O) groups is 4. The summed E-state index contributed by atoms with van der Waals surface area (Å²) in [4.78, 5) is 51.3. The van der Waals surface area contributed by atoms with Crippen LogP contribution < -0.4 is 0 Å². The molecule has 1 heterocycles. The van der Waals surface area contributed by atoms with Gasteiger partial charge >= 0.3 is 23.9 Å². The minimum atomic E-state index is -1.93. The van der Waals surface area contributed by atoms with Crippen molar-refractivity contribution in [2.24, 2.45) is 0 Å². The first kappa shape index (κ1) is 76.4. The van der Waals surface area contributed by atoms with Crippen molar-refractivity contribution in [3.05, 3.63) is 109 Å². The molecule has 0 amide bonds. The quantitative estimate of drug-likeness (QED) is 0.0228. The molecule has 0 saturated carbocycles. The average molecular weight is 1160 g/mol. The van der Waals surface area contributed by atoms with Crippen molar-refractivity contribution < 1.29 is 58.2 Å². The van der Waals surface area contributed by atoms with E-state index >= 15 is 0 Å². The van der Waals surface area contributed by atoms with Gasteiger partial charge in [0, 0.05) is 19.3 Å². The summed E-state index contributed by atoms with van der Waals surface area (Å²) in [6, 6.07) is 0. The number of aliphatic carboxylic acids is 1. The van der Waals surface area contributed by atoms with Gasteiger partial charge < -0.3 is 39.0 Å². The molecule has 472 valence electrons. The average Bonchev–Trinajstić information content (AvgIpc) is 3.60. The van der Waals surface area contributed by atoms with Crippen molar-refractivity contribution >= 4 is 23.9 Å². The number of carboxylic acid groups (broad SMARTS) is 1. The second-order valence-electron chi connectivity index (χ2n) is 22.0. The van der Waals surface area contributed by atoms with E-state index in [0.717, 1.165) is 109 Å². The summed E-state index contributed by atoms with van der Waals surface area (Å²) in [6.45, 7) is 5.74. The van der Waals surface area contributed by atoms with Gasteiger partial charge in [0.2, 0.25) is 0 Å². The maximum absolute atomic E-state index is 13.2.